The molecule has 1 spiro atoms. The fraction of sp³-hybridized carbons (Fsp3) is 0.467. The number of primary amides is 1. The van der Waals surface area contributed by atoms with Crippen molar-refractivity contribution >= 4 is 29.5 Å². The molecule has 2 aromatic rings. The maximum Gasteiger partial charge on any atom is 0.411 e. The molecule has 2 heterocycles. The molecule has 0 bridgehead atoms. The number of nitrogens with one attached hydrogen (secondary N) is 1. The van der Waals surface area contributed by atoms with Crippen molar-refractivity contribution in [1.82, 2.24) is 9.80 Å². The van der Waals surface area contributed by atoms with E-state index in [4.69, 9.17) is 10.5 Å². The number of anilines is 1. The van der Waals surface area contributed by atoms with Gasteiger partial charge in [0.1, 0.15) is 18.2 Å². The van der Waals surface area contributed by atoms with E-state index in [2.05, 4.69) is 5.32 Å². The summed E-state index contributed by atoms with van der Waals surface area (Å²) in [5.41, 5.74) is 5.89. The molecule has 3 aliphatic rings. The first-order valence-electron chi connectivity index (χ1n) is 13.7. The molecule has 39 heavy (non-hydrogen) atoms. The van der Waals surface area contributed by atoms with Gasteiger partial charge in [0.15, 0.2) is 0 Å². The zero-order chi connectivity index (χ0) is 27.9. The van der Waals surface area contributed by atoms with Crippen LogP contribution < -0.4 is 11.1 Å². The summed E-state index contributed by atoms with van der Waals surface area (Å²) < 4.78 is 5.70. The molecule has 2 aliphatic heterocycles. The van der Waals surface area contributed by atoms with E-state index in [9.17, 15) is 19.2 Å². The van der Waals surface area contributed by atoms with Crippen LogP contribution in [-0.4, -0.2) is 58.3 Å². The molecule has 0 aromatic heterocycles. The smallest absolute Gasteiger partial charge is 0.411 e. The number of benzene rings is 2. The Morgan fingerprint density at radius 3 is 2.44 bits per heavy atom. The van der Waals surface area contributed by atoms with E-state index in [1.54, 1.807) is 4.90 Å². The Morgan fingerprint density at radius 1 is 1.10 bits per heavy atom. The lowest BCUT2D eigenvalue weighted by atomic mass is 9.79. The molecule has 1 aliphatic carbocycles. The molecular formula is C30H36N4O5. The number of hydrogen-bond donors (Lipinski definition) is 2. The highest BCUT2D eigenvalue weighted by atomic mass is 16.6. The molecule has 1 saturated heterocycles. The third kappa shape index (κ3) is 4.33. The highest BCUT2D eigenvalue weighted by Crippen LogP contribution is 2.56. The number of carbonyl (C=O) groups is 4. The van der Waals surface area contributed by atoms with E-state index in [0.29, 0.717) is 25.1 Å². The Hall–Kier alpha value is -3.88. The fourth-order valence-electron chi connectivity index (χ4n) is 6.57. The Balaban J connectivity index is 1.48. The first-order valence-corrected chi connectivity index (χ1v) is 13.7. The van der Waals surface area contributed by atoms with E-state index in [0.717, 1.165) is 11.1 Å². The molecule has 0 radical (unpaired) electrons. The Bertz CT molecular complexity index is 1300. The van der Waals surface area contributed by atoms with Crippen LogP contribution in [0.3, 0.4) is 0 Å². The van der Waals surface area contributed by atoms with Crippen LogP contribution >= 0.6 is 0 Å². The average Bonchev–Trinajstić information content (AvgIpc) is 3.46. The van der Waals surface area contributed by atoms with Crippen molar-refractivity contribution < 1.29 is 23.9 Å². The van der Waals surface area contributed by atoms with Crippen LogP contribution in [0, 0.1) is 11.8 Å². The van der Waals surface area contributed by atoms with Crippen LogP contribution in [-0.2, 0) is 31.1 Å². The van der Waals surface area contributed by atoms with Gasteiger partial charge >= 0.3 is 6.09 Å². The fourth-order valence-corrected chi connectivity index (χ4v) is 6.57. The summed E-state index contributed by atoms with van der Waals surface area (Å²) in [6.07, 6.45) is 0.623. The Kier molecular flexibility index (Phi) is 6.86. The van der Waals surface area contributed by atoms with Gasteiger partial charge in [0.2, 0.25) is 17.7 Å². The van der Waals surface area contributed by atoms with Crippen molar-refractivity contribution in [2.24, 2.45) is 17.6 Å². The second-order valence-electron chi connectivity index (χ2n) is 11.3. The zero-order valence-corrected chi connectivity index (χ0v) is 22.7. The number of nitrogens with two attached hydrogens (primary N) is 1. The molecule has 206 valence electrons. The van der Waals surface area contributed by atoms with E-state index in [1.807, 2.05) is 75.4 Å². The molecular weight excluding hydrogens is 496 g/mol. The standard InChI is InChI=1S/C30H36N4O5/c1-4-14-34(28(38)39-17-20-10-6-5-7-11-20)30(15-22(30)19(2)3)27(37)33-18-29(16-24(33)25(31)35)21-12-8-9-13-23(21)32-26(29)36/h5-13,19,22,24H,4,14-18H2,1-3H3,(H2,31,35)(H,32,36)/t22-,24+,29+,30?/m1/s1. The normalized spacial score (nSPS) is 26.9. The van der Waals surface area contributed by atoms with Crippen molar-refractivity contribution in [2.45, 2.75) is 63.6 Å². The Labute approximate surface area is 228 Å². The van der Waals surface area contributed by atoms with Gasteiger partial charge in [0.25, 0.3) is 0 Å². The second-order valence-corrected chi connectivity index (χ2v) is 11.3. The lowest BCUT2D eigenvalue weighted by Crippen LogP contribution is -2.58. The molecule has 2 aromatic carbocycles. The van der Waals surface area contributed by atoms with Gasteiger partial charge in [-0.15, -0.1) is 0 Å². The minimum absolute atomic E-state index is 0.0217. The molecule has 1 unspecified atom stereocenters. The van der Waals surface area contributed by atoms with Gasteiger partial charge in [0.05, 0.1) is 5.41 Å². The highest BCUT2D eigenvalue weighted by Gasteiger charge is 2.69. The molecule has 4 atom stereocenters. The highest BCUT2D eigenvalue weighted by molar-refractivity contribution is 6.08. The van der Waals surface area contributed by atoms with E-state index >= 15 is 0 Å². The molecule has 9 heteroatoms. The van der Waals surface area contributed by atoms with Gasteiger partial charge in [0, 0.05) is 18.8 Å². The molecule has 4 amide bonds. The first-order chi connectivity index (χ1) is 18.7. The van der Waals surface area contributed by atoms with Crippen LogP contribution in [0.25, 0.3) is 0 Å². The third-order valence-electron chi connectivity index (χ3n) is 8.59. The number of amides is 4. The minimum Gasteiger partial charge on any atom is -0.445 e. The monoisotopic (exact) mass is 532 g/mol. The van der Waals surface area contributed by atoms with Crippen molar-refractivity contribution in [3.05, 3.63) is 65.7 Å². The van der Waals surface area contributed by atoms with Crippen molar-refractivity contribution in [3.8, 4) is 0 Å². The quantitative estimate of drug-likeness (QED) is 0.540. The van der Waals surface area contributed by atoms with Crippen molar-refractivity contribution in [1.29, 1.82) is 0 Å². The van der Waals surface area contributed by atoms with Crippen molar-refractivity contribution in [2.75, 3.05) is 18.4 Å². The van der Waals surface area contributed by atoms with E-state index in [-0.39, 0.29) is 43.2 Å². The summed E-state index contributed by atoms with van der Waals surface area (Å²) in [4.78, 5) is 57.1. The summed E-state index contributed by atoms with van der Waals surface area (Å²) in [5.74, 6) is -1.26. The summed E-state index contributed by atoms with van der Waals surface area (Å²) in [6.45, 7) is 6.43. The van der Waals surface area contributed by atoms with Crippen LogP contribution in [0.5, 0.6) is 0 Å². The number of carbonyl (C=O) groups excluding carboxylic acids is 4. The zero-order valence-electron chi connectivity index (χ0n) is 22.7. The number of likely N-dealkylation sites (tertiary alicyclic amines) is 1. The van der Waals surface area contributed by atoms with Gasteiger partial charge < -0.3 is 20.7 Å². The van der Waals surface area contributed by atoms with Crippen molar-refractivity contribution in [3.63, 3.8) is 0 Å². The van der Waals surface area contributed by atoms with Gasteiger partial charge in [-0.05, 0) is 48.3 Å². The first kappa shape index (κ1) is 26.7. The topological polar surface area (TPSA) is 122 Å². The number of hydrogen-bond acceptors (Lipinski definition) is 5. The Morgan fingerprint density at radius 2 is 1.79 bits per heavy atom. The lowest BCUT2D eigenvalue weighted by molar-refractivity contribution is -0.143. The second kappa shape index (κ2) is 10.0. The summed E-state index contributed by atoms with van der Waals surface area (Å²) in [5, 5.41) is 2.91. The maximum absolute atomic E-state index is 14.5. The maximum atomic E-state index is 14.5. The summed E-state index contributed by atoms with van der Waals surface area (Å²) in [6, 6.07) is 15.8. The number of para-hydroxylation sites is 1. The number of rotatable bonds is 8. The average molecular weight is 533 g/mol. The molecule has 5 rings (SSSR count). The lowest BCUT2D eigenvalue weighted by Gasteiger charge is -2.36. The van der Waals surface area contributed by atoms with Crippen LogP contribution in [0.4, 0.5) is 10.5 Å². The predicted molar refractivity (Wildman–Crippen MR) is 145 cm³/mol. The molecule has 2 fully saturated rings. The van der Waals surface area contributed by atoms with Crippen LogP contribution in [0.15, 0.2) is 54.6 Å². The SMILES string of the molecule is CCCN(C(=O)OCc1ccccc1)C1(C(=O)N2C[C@]3(C[C@H]2C(N)=O)C(=O)Nc2ccccc23)C[C@@H]1C(C)C. The molecule has 9 nitrogen and oxygen atoms in total. The van der Waals surface area contributed by atoms with E-state index < -0.39 is 29.0 Å². The number of nitrogens with zero attached hydrogens (tertiary/aromatic N) is 2. The minimum atomic E-state index is -1.16. The molecule has 3 N–H and O–H groups in total. The number of fused-ring (bicyclic) bond motifs is 2. The van der Waals surface area contributed by atoms with Crippen LogP contribution in [0.2, 0.25) is 0 Å². The van der Waals surface area contributed by atoms with Crippen LogP contribution in [0.1, 0.15) is 51.2 Å². The van der Waals surface area contributed by atoms with Gasteiger partial charge in [-0.25, -0.2) is 4.79 Å². The van der Waals surface area contributed by atoms with E-state index in [1.165, 1.54) is 4.90 Å². The third-order valence-corrected chi connectivity index (χ3v) is 8.59. The largest absolute Gasteiger partial charge is 0.445 e. The molecule has 1 saturated carbocycles. The summed E-state index contributed by atoms with van der Waals surface area (Å²) >= 11 is 0. The number of ether oxygens (including phenoxy) is 1. The van der Waals surface area contributed by atoms with Gasteiger partial charge in [-0.1, -0.05) is 69.3 Å². The van der Waals surface area contributed by atoms with Gasteiger partial charge in [-0.3, -0.25) is 19.3 Å². The summed E-state index contributed by atoms with van der Waals surface area (Å²) in [7, 11) is 0. The van der Waals surface area contributed by atoms with Gasteiger partial charge in [-0.2, -0.15) is 0 Å². The predicted octanol–water partition coefficient (Wildman–Crippen LogP) is 3.43.